The van der Waals surface area contributed by atoms with Crippen LogP contribution in [0.1, 0.15) is 12.8 Å². The number of nitrogens with zero attached hydrogens (tertiary/aromatic N) is 3. The van der Waals surface area contributed by atoms with E-state index >= 15 is 0 Å². The summed E-state index contributed by atoms with van der Waals surface area (Å²) in [5.74, 6) is 0.950. The molecule has 0 amide bonds. The lowest BCUT2D eigenvalue weighted by molar-refractivity contribution is -0.384. The Hall–Kier alpha value is -2.37. The Balaban J connectivity index is 1.83. The van der Waals surface area contributed by atoms with E-state index in [4.69, 9.17) is 0 Å². The summed E-state index contributed by atoms with van der Waals surface area (Å²) in [5.41, 5.74) is 1.89. The molecule has 0 atom stereocenters. The lowest BCUT2D eigenvalue weighted by atomic mass is 10.1. The minimum atomic E-state index is -0.396. The number of rotatable bonds is 3. The fourth-order valence-corrected chi connectivity index (χ4v) is 2.33. The number of H-pyrrole nitrogens is 1. The Kier molecular flexibility index (Phi) is 2.91. The molecular weight excluding hydrogens is 244 g/mol. The largest absolute Gasteiger partial charge is 0.355 e. The molecule has 6 nitrogen and oxygen atoms in total. The van der Waals surface area contributed by atoms with Crippen LogP contribution in [0, 0.1) is 10.1 Å². The van der Waals surface area contributed by atoms with Gasteiger partial charge in [0.05, 0.1) is 10.6 Å². The first-order chi connectivity index (χ1) is 9.24. The Labute approximate surface area is 110 Å². The maximum absolute atomic E-state index is 10.6. The van der Waals surface area contributed by atoms with E-state index in [1.165, 1.54) is 25.0 Å². The molecule has 0 unspecified atom stereocenters. The summed E-state index contributed by atoms with van der Waals surface area (Å²) in [6.07, 6.45) is 2.42. The van der Waals surface area contributed by atoms with Crippen molar-refractivity contribution in [3.05, 3.63) is 40.4 Å². The van der Waals surface area contributed by atoms with Crippen LogP contribution >= 0.6 is 0 Å². The molecule has 2 aromatic rings. The molecule has 0 bridgehead atoms. The Morgan fingerprint density at radius 1 is 1.21 bits per heavy atom. The van der Waals surface area contributed by atoms with Gasteiger partial charge in [0.1, 0.15) is 0 Å². The molecule has 98 valence electrons. The number of benzene rings is 1. The highest BCUT2D eigenvalue weighted by Crippen LogP contribution is 2.25. The van der Waals surface area contributed by atoms with E-state index < -0.39 is 4.92 Å². The molecule has 1 aliphatic rings. The average Bonchev–Trinajstić information content (AvgIpc) is 3.10. The number of aromatic nitrogens is 2. The highest BCUT2D eigenvalue weighted by atomic mass is 16.6. The lowest BCUT2D eigenvalue weighted by Crippen LogP contribution is -2.17. The first-order valence-electron chi connectivity index (χ1n) is 6.29. The monoisotopic (exact) mass is 258 g/mol. The predicted octanol–water partition coefficient (Wildman–Crippen LogP) is 2.59. The van der Waals surface area contributed by atoms with Gasteiger partial charge in [-0.2, -0.15) is 5.10 Å². The van der Waals surface area contributed by atoms with E-state index in [0.717, 1.165) is 30.2 Å². The molecule has 1 aliphatic heterocycles. The van der Waals surface area contributed by atoms with Crippen LogP contribution in [0.4, 0.5) is 11.5 Å². The lowest BCUT2D eigenvalue weighted by Gasteiger charge is -2.12. The number of nitro groups is 1. The van der Waals surface area contributed by atoms with Gasteiger partial charge >= 0.3 is 0 Å². The zero-order valence-electron chi connectivity index (χ0n) is 10.4. The standard InChI is InChI=1S/C13H14N4O2/c18-17(19)11-5-3-10(4-6-11)12-9-13(15-14-12)16-7-1-2-8-16/h3-6,9H,1-2,7-8H2,(H,14,15). The molecule has 0 spiro atoms. The number of hydrogen-bond donors (Lipinski definition) is 1. The summed E-state index contributed by atoms with van der Waals surface area (Å²) in [7, 11) is 0. The molecule has 6 heteroatoms. The van der Waals surface area contributed by atoms with Crippen LogP contribution in [0.3, 0.4) is 0 Å². The molecule has 1 fully saturated rings. The van der Waals surface area contributed by atoms with Gasteiger partial charge in [0.25, 0.3) is 5.69 Å². The second kappa shape index (κ2) is 4.72. The number of nitro benzene ring substituents is 1. The fourth-order valence-electron chi connectivity index (χ4n) is 2.33. The molecule has 0 radical (unpaired) electrons. The van der Waals surface area contributed by atoms with Gasteiger partial charge in [0, 0.05) is 36.9 Å². The maximum Gasteiger partial charge on any atom is 0.269 e. The zero-order valence-corrected chi connectivity index (χ0v) is 10.4. The molecule has 3 rings (SSSR count). The number of nitrogens with one attached hydrogen (secondary N) is 1. The van der Waals surface area contributed by atoms with E-state index in [-0.39, 0.29) is 5.69 Å². The van der Waals surface area contributed by atoms with Crippen molar-refractivity contribution < 1.29 is 4.92 Å². The second-order valence-corrected chi connectivity index (χ2v) is 4.64. The van der Waals surface area contributed by atoms with Crippen LogP contribution in [0.15, 0.2) is 30.3 Å². The average molecular weight is 258 g/mol. The third kappa shape index (κ3) is 2.29. The van der Waals surface area contributed by atoms with Crippen LogP contribution in [0.25, 0.3) is 11.3 Å². The van der Waals surface area contributed by atoms with Crippen LogP contribution in [-0.2, 0) is 0 Å². The Bertz CT molecular complexity index is 585. The summed E-state index contributed by atoms with van der Waals surface area (Å²) in [6.45, 7) is 2.09. The SMILES string of the molecule is O=[N+]([O-])c1ccc(-c2cc(N3CCCC3)n[nH]2)cc1. The normalized spacial score (nSPS) is 14.8. The molecule has 1 aromatic heterocycles. The van der Waals surface area contributed by atoms with E-state index in [1.54, 1.807) is 12.1 Å². The third-order valence-electron chi connectivity index (χ3n) is 3.38. The summed E-state index contributed by atoms with van der Waals surface area (Å²) in [5, 5.41) is 17.9. The molecule has 1 N–H and O–H groups in total. The smallest absolute Gasteiger partial charge is 0.269 e. The minimum absolute atomic E-state index is 0.100. The van der Waals surface area contributed by atoms with Gasteiger partial charge in [0.2, 0.25) is 0 Å². The van der Waals surface area contributed by atoms with Gasteiger partial charge in [-0.05, 0) is 25.0 Å². The fraction of sp³-hybridized carbons (Fsp3) is 0.308. The van der Waals surface area contributed by atoms with Crippen LogP contribution in [0.5, 0.6) is 0 Å². The van der Waals surface area contributed by atoms with Crippen LogP contribution in [0.2, 0.25) is 0 Å². The predicted molar refractivity (Wildman–Crippen MR) is 72.1 cm³/mol. The van der Waals surface area contributed by atoms with Gasteiger partial charge < -0.3 is 4.90 Å². The molecule has 0 aliphatic carbocycles. The summed E-state index contributed by atoms with van der Waals surface area (Å²) in [6, 6.07) is 8.47. The van der Waals surface area contributed by atoms with Gasteiger partial charge in [0.15, 0.2) is 5.82 Å². The summed E-state index contributed by atoms with van der Waals surface area (Å²) in [4.78, 5) is 12.5. The van der Waals surface area contributed by atoms with Crippen molar-refractivity contribution in [2.75, 3.05) is 18.0 Å². The van der Waals surface area contributed by atoms with Crippen molar-refractivity contribution in [2.24, 2.45) is 0 Å². The van der Waals surface area contributed by atoms with E-state index in [2.05, 4.69) is 15.1 Å². The molecule has 1 saturated heterocycles. The number of anilines is 1. The van der Waals surface area contributed by atoms with Gasteiger partial charge in [-0.15, -0.1) is 0 Å². The van der Waals surface area contributed by atoms with Crippen molar-refractivity contribution in [1.82, 2.24) is 10.2 Å². The van der Waals surface area contributed by atoms with Crippen molar-refractivity contribution in [3.8, 4) is 11.3 Å². The minimum Gasteiger partial charge on any atom is -0.355 e. The van der Waals surface area contributed by atoms with Crippen LogP contribution < -0.4 is 4.90 Å². The Morgan fingerprint density at radius 2 is 1.89 bits per heavy atom. The number of non-ortho nitro benzene ring substituents is 1. The zero-order chi connectivity index (χ0) is 13.2. The summed E-state index contributed by atoms with van der Waals surface area (Å²) >= 11 is 0. The quantitative estimate of drug-likeness (QED) is 0.678. The highest BCUT2D eigenvalue weighted by molar-refractivity contribution is 5.64. The van der Waals surface area contributed by atoms with Gasteiger partial charge in [-0.1, -0.05) is 0 Å². The second-order valence-electron chi connectivity index (χ2n) is 4.64. The van der Waals surface area contributed by atoms with E-state index in [0.29, 0.717) is 0 Å². The Morgan fingerprint density at radius 3 is 2.53 bits per heavy atom. The van der Waals surface area contributed by atoms with Crippen molar-refractivity contribution in [2.45, 2.75) is 12.8 Å². The van der Waals surface area contributed by atoms with Gasteiger partial charge in [-0.3, -0.25) is 15.2 Å². The molecule has 2 heterocycles. The van der Waals surface area contributed by atoms with E-state index in [1.807, 2.05) is 6.07 Å². The number of aromatic amines is 1. The van der Waals surface area contributed by atoms with Gasteiger partial charge in [-0.25, -0.2) is 0 Å². The first-order valence-corrected chi connectivity index (χ1v) is 6.29. The summed E-state index contributed by atoms with van der Waals surface area (Å²) < 4.78 is 0. The first kappa shape index (κ1) is 11.7. The van der Waals surface area contributed by atoms with Crippen LogP contribution in [-0.4, -0.2) is 28.2 Å². The van der Waals surface area contributed by atoms with E-state index in [9.17, 15) is 10.1 Å². The molecule has 19 heavy (non-hydrogen) atoms. The van der Waals surface area contributed by atoms with Crippen molar-refractivity contribution >= 4 is 11.5 Å². The van der Waals surface area contributed by atoms with Crippen molar-refractivity contribution in [3.63, 3.8) is 0 Å². The highest BCUT2D eigenvalue weighted by Gasteiger charge is 2.15. The molecular formula is C13H14N4O2. The molecule has 0 saturated carbocycles. The number of hydrogen-bond acceptors (Lipinski definition) is 4. The topological polar surface area (TPSA) is 75.1 Å². The maximum atomic E-state index is 10.6. The molecule has 1 aromatic carbocycles. The third-order valence-corrected chi connectivity index (χ3v) is 3.38. The van der Waals surface area contributed by atoms with Crippen molar-refractivity contribution in [1.29, 1.82) is 0 Å².